The average molecular weight is 678 g/mol. The van der Waals surface area contributed by atoms with Gasteiger partial charge in [-0.15, -0.1) is 20.4 Å². The molecule has 230 valence electrons. The maximum atomic E-state index is 5.25. The van der Waals surface area contributed by atoms with Crippen LogP contribution in [0.2, 0.25) is 0 Å². The van der Waals surface area contributed by atoms with Crippen LogP contribution in [0.1, 0.15) is 63.4 Å². The number of halogens is 1. The molecule has 0 radical (unpaired) electrons. The lowest BCUT2D eigenvalue weighted by Crippen LogP contribution is -2.00. The summed E-state index contributed by atoms with van der Waals surface area (Å²) in [7, 11) is 0. The van der Waals surface area contributed by atoms with Crippen LogP contribution in [-0.2, 0) is 0 Å². The first-order chi connectivity index (χ1) is 22.2. The van der Waals surface area contributed by atoms with Gasteiger partial charge in [-0.25, -0.2) is 19.9 Å². The molecule has 0 spiro atoms. The summed E-state index contributed by atoms with van der Waals surface area (Å²) >= 11 is 3.63. The van der Waals surface area contributed by atoms with Gasteiger partial charge in [0.15, 0.2) is 0 Å². The fraction of sp³-hybridized carbons (Fsp3) is 0.212. The van der Waals surface area contributed by atoms with Crippen LogP contribution >= 0.6 is 15.9 Å². The molecule has 0 fully saturated rings. The molecule has 0 aromatic carbocycles. The molecule has 13 heteroatoms. The molecular formula is C33H29BrN10O2. The topological polar surface area (TPSA) is 138 Å². The van der Waals surface area contributed by atoms with Gasteiger partial charge < -0.3 is 8.83 Å². The molecule has 8 aromatic rings. The van der Waals surface area contributed by atoms with E-state index in [1.165, 1.54) is 12.8 Å². The van der Waals surface area contributed by atoms with Crippen molar-refractivity contribution in [3.63, 3.8) is 0 Å². The third-order valence-corrected chi connectivity index (χ3v) is 8.24. The molecule has 0 atom stereocenters. The maximum absolute atomic E-state index is 5.25. The highest BCUT2D eigenvalue weighted by atomic mass is 79.9. The Bertz CT molecular complexity index is 2370. The van der Waals surface area contributed by atoms with Gasteiger partial charge in [0.05, 0.1) is 0 Å². The molecule has 0 aliphatic carbocycles. The van der Waals surface area contributed by atoms with Crippen LogP contribution in [0.5, 0.6) is 0 Å². The van der Waals surface area contributed by atoms with Gasteiger partial charge in [-0.05, 0) is 76.7 Å². The van der Waals surface area contributed by atoms with Crippen LogP contribution in [0.25, 0.3) is 62.1 Å². The van der Waals surface area contributed by atoms with Gasteiger partial charge in [0.2, 0.25) is 12.8 Å². The predicted octanol–water partition coefficient (Wildman–Crippen LogP) is 7.91. The van der Waals surface area contributed by atoms with E-state index in [1.807, 2.05) is 52.4 Å². The Balaban J connectivity index is 0.000000147. The molecule has 12 nitrogen and oxygen atoms in total. The average Bonchev–Trinajstić information content (AvgIpc) is 3.86. The van der Waals surface area contributed by atoms with Gasteiger partial charge in [-0.1, -0.05) is 39.8 Å². The SMILES string of the molecule is C=C(C)c1cc(C(C)C)nc2c1ccc1nc(-c3nnco3)cn12.CC(C)c1cc(Br)c2ccc3nc(-c4nnco4)cn3c2n1. The lowest BCUT2D eigenvalue weighted by molar-refractivity contribution is 0.566. The summed E-state index contributed by atoms with van der Waals surface area (Å²) in [6.45, 7) is 14.6. The number of imidazole rings is 2. The van der Waals surface area contributed by atoms with Gasteiger partial charge in [0.1, 0.15) is 34.0 Å². The Morgan fingerprint density at radius 2 is 1.22 bits per heavy atom. The van der Waals surface area contributed by atoms with Crippen molar-refractivity contribution in [1.82, 2.24) is 49.1 Å². The second-order valence-electron chi connectivity index (χ2n) is 11.6. The molecule has 8 heterocycles. The number of fused-ring (bicyclic) bond motifs is 6. The summed E-state index contributed by atoms with van der Waals surface area (Å²) in [6, 6.07) is 12.1. The molecule has 8 aromatic heterocycles. The molecule has 0 amide bonds. The first-order valence-corrected chi connectivity index (χ1v) is 15.5. The lowest BCUT2D eigenvalue weighted by atomic mass is 10.0. The number of rotatable bonds is 5. The minimum Gasteiger partial charge on any atom is -0.422 e. The summed E-state index contributed by atoms with van der Waals surface area (Å²) in [5.41, 5.74) is 8.74. The summed E-state index contributed by atoms with van der Waals surface area (Å²) < 4.78 is 15.4. The van der Waals surface area contributed by atoms with Crippen molar-refractivity contribution in [2.24, 2.45) is 0 Å². The van der Waals surface area contributed by atoms with Gasteiger partial charge in [-0.2, -0.15) is 0 Å². The molecular weight excluding hydrogens is 648 g/mol. The van der Waals surface area contributed by atoms with Crippen molar-refractivity contribution in [2.45, 2.75) is 46.5 Å². The Morgan fingerprint density at radius 3 is 1.70 bits per heavy atom. The highest BCUT2D eigenvalue weighted by Gasteiger charge is 2.16. The lowest BCUT2D eigenvalue weighted by Gasteiger charge is -2.12. The van der Waals surface area contributed by atoms with Crippen LogP contribution in [0, 0.1) is 0 Å². The molecule has 8 rings (SSSR count). The second-order valence-corrected chi connectivity index (χ2v) is 12.4. The number of hydrogen-bond donors (Lipinski definition) is 0. The van der Waals surface area contributed by atoms with E-state index in [2.05, 4.69) is 92.7 Å². The van der Waals surface area contributed by atoms with E-state index in [1.54, 1.807) is 0 Å². The monoisotopic (exact) mass is 676 g/mol. The van der Waals surface area contributed by atoms with Crippen molar-refractivity contribution >= 4 is 54.9 Å². The molecule has 0 aliphatic heterocycles. The van der Waals surface area contributed by atoms with Crippen molar-refractivity contribution in [1.29, 1.82) is 0 Å². The second kappa shape index (κ2) is 11.6. The summed E-state index contributed by atoms with van der Waals surface area (Å²) in [5.74, 6) is 1.46. The standard InChI is InChI=1S/C18H17N5O.C15H12BrN5O/c1-10(2)13-7-14(11(3)4)21-17-12(13)5-6-16-20-15(8-23(16)17)18-22-19-9-24-18;1-8(2)11-5-10(16)9-3-4-13-18-12(15-20-17-7-22-15)6-21(13)14(9)19-11/h5-9,11H,1H2,2-4H3;3-8H,1-2H3. The van der Waals surface area contributed by atoms with Crippen LogP contribution in [0.4, 0.5) is 0 Å². The van der Waals surface area contributed by atoms with Crippen LogP contribution in [-0.4, -0.2) is 49.1 Å². The van der Waals surface area contributed by atoms with Gasteiger partial charge >= 0.3 is 0 Å². The van der Waals surface area contributed by atoms with E-state index < -0.39 is 0 Å². The molecule has 0 aliphatic rings. The van der Waals surface area contributed by atoms with Crippen molar-refractivity contribution < 1.29 is 8.83 Å². The molecule has 0 N–H and O–H groups in total. The summed E-state index contributed by atoms with van der Waals surface area (Å²) in [4.78, 5) is 18.7. The Kier molecular flexibility index (Phi) is 7.40. The zero-order valence-electron chi connectivity index (χ0n) is 25.8. The molecule has 46 heavy (non-hydrogen) atoms. The summed E-state index contributed by atoms with van der Waals surface area (Å²) in [6.07, 6.45) is 6.34. The number of pyridine rings is 4. The highest BCUT2D eigenvalue weighted by Crippen LogP contribution is 2.30. The first-order valence-electron chi connectivity index (χ1n) is 14.7. The predicted molar refractivity (Wildman–Crippen MR) is 178 cm³/mol. The largest absolute Gasteiger partial charge is 0.422 e. The van der Waals surface area contributed by atoms with Crippen LogP contribution in [0.3, 0.4) is 0 Å². The third kappa shape index (κ3) is 5.21. The van der Waals surface area contributed by atoms with E-state index in [0.717, 1.165) is 60.4 Å². The third-order valence-electron chi connectivity index (χ3n) is 7.59. The molecule has 0 saturated carbocycles. The number of allylic oxidation sites excluding steroid dienone is 1. The fourth-order valence-corrected chi connectivity index (χ4v) is 5.72. The highest BCUT2D eigenvalue weighted by molar-refractivity contribution is 9.10. The zero-order chi connectivity index (χ0) is 32.1. The molecule has 0 unspecified atom stereocenters. The van der Waals surface area contributed by atoms with E-state index in [9.17, 15) is 0 Å². The van der Waals surface area contributed by atoms with Crippen molar-refractivity contribution in [3.05, 3.63) is 89.6 Å². The smallest absolute Gasteiger partial charge is 0.267 e. The maximum Gasteiger partial charge on any atom is 0.267 e. The first kappa shape index (κ1) is 29.4. The normalized spacial score (nSPS) is 11.7. The fourth-order valence-electron chi connectivity index (χ4n) is 5.18. The van der Waals surface area contributed by atoms with E-state index >= 15 is 0 Å². The quantitative estimate of drug-likeness (QED) is 0.177. The van der Waals surface area contributed by atoms with Crippen LogP contribution < -0.4 is 0 Å². The number of aromatic nitrogens is 10. The Morgan fingerprint density at radius 1 is 0.717 bits per heavy atom. The van der Waals surface area contributed by atoms with Crippen LogP contribution in [0.15, 0.2) is 81.5 Å². The minimum atomic E-state index is 0.321. The minimum absolute atomic E-state index is 0.321. The van der Waals surface area contributed by atoms with Gasteiger partial charge in [0, 0.05) is 39.0 Å². The Labute approximate surface area is 271 Å². The van der Waals surface area contributed by atoms with E-state index in [4.69, 9.17) is 18.8 Å². The van der Waals surface area contributed by atoms with Gasteiger partial charge in [-0.3, -0.25) is 8.80 Å². The van der Waals surface area contributed by atoms with Crippen molar-refractivity contribution in [3.8, 4) is 23.2 Å². The zero-order valence-corrected chi connectivity index (χ0v) is 27.4. The number of hydrogen-bond acceptors (Lipinski definition) is 10. The Hall–Kier alpha value is -5.30. The van der Waals surface area contributed by atoms with E-state index in [-0.39, 0.29) is 0 Å². The molecule has 0 bridgehead atoms. The summed E-state index contributed by atoms with van der Waals surface area (Å²) in [5, 5.41) is 17.3. The van der Waals surface area contributed by atoms with Gasteiger partial charge in [0.25, 0.3) is 11.8 Å². The molecule has 0 saturated heterocycles. The van der Waals surface area contributed by atoms with Crippen molar-refractivity contribution in [2.75, 3.05) is 0 Å². The number of nitrogens with zero attached hydrogens (tertiary/aromatic N) is 10. The van der Waals surface area contributed by atoms with E-state index in [0.29, 0.717) is 35.0 Å².